The molecule has 3 rings (SSSR count). The lowest BCUT2D eigenvalue weighted by atomic mass is 10.2. The average molecular weight is 315 g/mol. The minimum atomic E-state index is -0.241. The van der Waals surface area contributed by atoms with Crippen molar-refractivity contribution in [1.82, 2.24) is 5.32 Å². The third kappa shape index (κ3) is 4.70. The van der Waals surface area contributed by atoms with E-state index >= 15 is 0 Å². The fourth-order valence-corrected chi connectivity index (χ4v) is 2.43. The third-order valence-corrected chi connectivity index (χ3v) is 3.99. The number of benzene rings is 2. The minimum absolute atomic E-state index is 0.241. The molecule has 0 radical (unpaired) electrons. The summed E-state index contributed by atoms with van der Waals surface area (Å²) in [5, 5.41) is 3.47. The van der Waals surface area contributed by atoms with Gasteiger partial charge >= 0.3 is 0 Å². The van der Waals surface area contributed by atoms with Gasteiger partial charge in [0.2, 0.25) is 0 Å². The lowest BCUT2D eigenvalue weighted by Crippen LogP contribution is -2.16. The van der Waals surface area contributed by atoms with E-state index in [1.54, 1.807) is 19.2 Å². The Morgan fingerprint density at radius 2 is 1.78 bits per heavy atom. The van der Waals surface area contributed by atoms with Crippen LogP contribution in [0.4, 0.5) is 4.39 Å². The van der Waals surface area contributed by atoms with Gasteiger partial charge in [-0.2, -0.15) is 0 Å². The average Bonchev–Trinajstić information content (AvgIpc) is 3.39. The molecule has 1 saturated carbocycles. The highest BCUT2D eigenvalue weighted by Crippen LogP contribution is 2.30. The molecule has 0 bridgehead atoms. The van der Waals surface area contributed by atoms with Crippen molar-refractivity contribution < 1.29 is 13.9 Å². The molecular formula is C19H22FNO2. The first-order valence-corrected chi connectivity index (χ1v) is 7.99. The van der Waals surface area contributed by atoms with Gasteiger partial charge < -0.3 is 14.8 Å². The van der Waals surface area contributed by atoms with Crippen molar-refractivity contribution in [2.45, 2.75) is 26.0 Å². The van der Waals surface area contributed by atoms with Crippen LogP contribution in [0.1, 0.15) is 24.0 Å². The summed E-state index contributed by atoms with van der Waals surface area (Å²) < 4.78 is 24.1. The van der Waals surface area contributed by atoms with Crippen molar-refractivity contribution in [3.8, 4) is 11.5 Å². The summed E-state index contributed by atoms with van der Waals surface area (Å²) in [5.41, 5.74) is 2.10. The van der Waals surface area contributed by atoms with Crippen molar-refractivity contribution in [3.05, 3.63) is 59.4 Å². The number of hydrogen-bond acceptors (Lipinski definition) is 3. The minimum Gasteiger partial charge on any atom is -0.493 e. The molecule has 1 aliphatic rings. The molecule has 0 aliphatic heterocycles. The Morgan fingerprint density at radius 3 is 2.48 bits per heavy atom. The third-order valence-electron chi connectivity index (χ3n) is 3.99. The predicted octanol–water partition coefficient (Wildman–Crippen LogP) is 3.91. The van der Waals surface area contributed by atoms with Gasteiger partial charge in [0, 0.05) is 6.54 Å². The molecular weight excluding hydrogens is 293 g/mol. The van der Waals surface area contributed by atoms with E-state index in [4.69, 9.17) is 9.47 Å². The first-order chi connectivity index (χ1) is 11.2. The molecule has 2 aromatic carbocycles. The number of hydrogen-bond donors (Lipinski definition) is 1. The summed E-state index contributed by atoms with van der Waals surface area (Å²) in [6.07, 6.45) is 2.71. The van der Waals surface area contributed by atoms with Gasteiger partial charge in [0.15, 0.2) is 11.5 Å². The Morgan fingerprint density at radius 1 is 1.04 bits per heavy atom. The van der Waals surface area contributed by atoms with Crippen molar-refractivity contribution in [1.29, 1.82) is 0 Å². The maximum atomic E-state index is 12.9. The molecule has 0 aromatic heterocycles. The number of halogens is 1. The number of nitrogens with one attached hydrogen (secondary N) is 1. The van der Waals surface area contributed by atoms with Gasteiger partial charge in [0.05, 0.1) is 7.11 Å². The zero-order valence-corrected chi connectivity index (χ0v) is 13.3. The summed E-state index contributed by atoms with van der Waals surface area (Å²) in [6.45, 7) is 2.31. The Balaban J connectivity index is 1.58. The van der Waals surface area contributed by atoms with Crippen LogP contribution in [0.15, 0.2) is 42.5 Å². The highest BCUT2D eigenvalue weighted by atomic mass is 19.1. The van der Waals surface area contributed by atoms with Gasteiger partial charge in [-0.1, -0.05) is 18.2 Å². The van der Waals surface area contributed by atoms with Crippen LogP contribution in [0, 0.1) is 11.7 Å². The molecule has 1 fully saturated rings. The van der Waals surface area contributed by atoms with E-state index in [9.17, 15) is 4.39 Å². The van der Waals surface area contributed by atoms with Crippen LogP contribution in [-0.4, -0.2) is 13.7 Å². The normalized spacial score (nSPS) is 13.8. The number of rotatable bonds is 8. The summed E-state index contributed by atoms with van der Waals surface area (Å²) in [5.74, 6) is 2.05. The fraction of sp³-hybridized carbons (Fsp3) is 0.368. The Bertz CT molecular complexity index is 638. The van der Waals surface area contributed by atoms with Crippen molar-refractivity contribution >= 4 is 0 Å². The summed E-state index contributed by atoms with van der Waals surface area (Å²) >= 11 is 0. The number of ether oxygens (including phenoxy) is 2. The molecule has 122 valence electrons. The quantitative estimate of drug-likeness (QED) is 0.801. The van der Waals surface area contributed by atoms with Crippen LogP contribution in [0.5, 0.6) is 11.5 Å². The van der Waals surface area contributed by atoms with E-state index in [2.05, 4.69) is 5.32 Å². The molecule has 0 amide bonds. The molecule has 0 saturated heterocycles. The fourth-order valence-electron chi connectivity index (χ4n) is 2.43. The van der Waals surface area contributed by atoms with Gasteiger partial charge in [-0.05, 0) is 60.7 Å². The molecule has 0 spiro atoms. The number of methoxy groups -OCH3 is 1. The van der Waals surface area contributed by atoms with Crippen LogP contribution in [0.2, 0.25) is 0 Å². The van der Waals surface area contributed by atoms with Crippen LogP contribution >= 0.6 is 0 Å². The van der Waals surface area contributed by atoms with Gasteiger partial charge in [-0.3, -0.25) is 0 Å². The second-order valence-electron chi connectivity index (χ2n) is 5.97. The maximum absolute atomic E-state index is 12.9. The first kappa shape index (κ1) is 15.8. The highest BCUT2D eigenvalue weighted by molar-refractivity contribution is 5.43. The Hall–Kier alpha value is -2.07. The van der Waals surface area contributed by atoms with Crippen molar-refractivity contribution in [2.24, 2.45) is 5.92 Å². The largest absolute Gasteiger partial charge is 0.493 e. The van der Waals surface area contributed by atoms with E-state index in [1.165, 1.54) is 30.5 Å². The molecule has 0 atom stereocenters. The standard InChI is InChI=1S/C19H22FNO2/c1-22-19-10-16(12-21-11-14-2-3-14)6-9-18(19)23-13-15-4-7-17(20)8-5-15/h4-10,14,21H,2-3,11-13H2,1H3. The molecule has 0 unspecified atom stereocenters. The Kier molecular flexibility index (Phi) is 5.13. The summed E-state index contributed by atoms with van der Waals surface area (Å²) in [7, 11) is 1.64. The lowest BCUT2D eigenvalue weighted by Gasteiger charge is -2.13. The van der Waals surface area contributed by atoms with Crippen LogP contribution in [0.25, 0.3) is 0 Å². The predicted molar refractivity (Wildman–Crippen MR) is 88.2 cm³/mol. The maximum Gasteiger partial charge on any atom is 0.161 e. The first-order valence-electron chi connectivity index (χ1n) is 7.99. The van der Waals surface area contributed by atoms with Gasteiger partial charge in [-0.15, -0.1) is 0 Å². The van der Waals surface area contributed by atoms with E-state index in [0.29, 0.717) is 12.4 Å². The molecule has 4 heteroatoms. The Labute approximate surface area is 136 Å². The SMILES string of the molecule is COc1cc(CNCC2CC2)ccc1OCc1ccc(F)cc1. The van der Waals surface area contributed by atoms with E-state index in [1.807, 2.05) is 18.2 Å². The molecule has 3 nitrogen and oxygen atoms in total. The molecule has 0 heterocycles. The monoisotopic (exact) mass is 315 g/mol. The van der Waals surface area contributed by atoms with Crippen LogP contribution in [0.3, 0.4) is 0 Å². The zero-order chi connectivity index (χ0) is 16.1. The zero-order valence-electron chi connectivity index (χ0n) is 13.3. The topological polar surface area (TPSA) is 30.5 Å². The van der Waals surface area contributed by atoms with Gasteiger partial charge in [0.25, 0.3) is 0 Å². The molecule has 23 heavy (non-hydrogen) atoms. The van der Waals surface area contributed by atoms with Gasteiger partial charge in [-0.25, -0.2) is 4.39 Å². The summed E-state index contributed by atoms with van der Waals surface area (Å²) in [4.78, 5) is 0. The van der Waals surface area contributed by atoms with E-state index < -0.39 is 0 Å². The lowest BCUT2D eigenvalue weighted by molar-refractivity contribution is 0.284. The highest BCUT2D eigenvalue weighted by Gasteiger charge is 2.20. The molecule has 1 aliphatic carbocycles. The summed E-state index contributed by atoms with van der Waals surface area (Å²) in [6, 6.07) is 12.3. The van der Waals surface area contributed by atoms with Crippen molar-refractivity contribution in [2.75, 3.05) is 13.7 Å². The van der Waals surface area contributed by atoms with E-state index in [0.717, 1.165) is 30.3 Å². The smallest absolute Gasteiger partial charge is 0.161 e. The molecule has 1 N–H and O–H groups in total. The second kappa shape index (κ2) is 7.47. The second-order valence-corrected chi connectivity index (χ2v) is 5.97. The van der Waals surface area contributed by atoms with Crippen LogP contribution in [-0.2, 0) is 13.2 Å². The van der Waals surface area contributed by atoms with E-state index in [-0.39, 0.29) is 5.82 Å². The molecule has 2 aromatic rings. The van der Waals surface area contributed by atoms with Crippen LogP contribution < -0.4 is 14.8 Å². The van der Waals surface area contributed by atoms with Crippen molar-refractivity contribution in [3.63, 3.8) is 0 Å². The van der Waals surface area contributed by atoms with Gasteiger partial charge in [0.1, 0.15) is 12.4 Å².